The van der Waals surface area contributed by atoms with Crippen LogP contribution in [0, 0.1) is 0 Å². The van der Waals surface area contributed by atoms with Gasteiger partial charge in [0.05, 0.1) is 10.4 Å². The van der Waals surface area contributed by atoms with Gasteiger partial charge in [-0.1, -0.05) is 40.2 Å². The summed E-state index contributed by atoms with van der Waals surface area (Å²) in [6, 6.07) is 12.1. The Kier molecular flexibility index (Phi) is 3.16. The van der Waals surface area contributed by atoms with Gasteiger partial charge >= 0.3 is 0 Å². The van der Waals surface area contributed by atoms with Gasteiger partial charge in [0.2, 0.25) is 0 Å². The summed E-state index contributed by atoms with van der Waals surface area (Å²) in [5, 5.41) is 6.60. The molecule has 0 atom stereocenters. The van der Waals surface area contributed by atoms with Crippen molar-refractivity contribution >= 4 is 33.1 Å². The zero-order valence-corrected chi connectivity index (χ0v) is 12.7. The molecule has 0 aliphatic rings. The highest BCUT2D eigenvalue weighted by Gasteiger charge is 2.19. The number of halogens is 1. The third-order valence-corrected chi connectivity index (χ3v) is 4.56. The van der Waals surface area contributed by atoms with Gasteiger partial charge in [-0.3, -0.25) is 4.68 Å². The Hall–Kier alpha value is -1.59. The summed E-state index contributed by atoms with van der Waals surface area (Å²) in [5.74, 6) is 0.676. The van der Waals surface area contributed by atoms with E-state index in [1.54, 1.807) is 16.0 Å². The summed E-state index contributed by atoms with van der Waals surface area (Å²) in [5.41, 5.74) is 9.18. The molecule has 2 N–H and O–H groups in total. The van der Waals surface area contributed by atoms with Crippen molar-refractivity contribution in [2.45, 2.75) is 0 Å². The molecule has 3 aromatic rings. The van der Waals surface area contributed by atoms with Crippen LogP contribution in [0.2, 0.25) is 0 Å². The van der Waals surface area contributed by atoms with Crippen LogP contribution < -0.4 is 5.73 Å². The average molecular weight is 334 g/mol. The van der Waals surface area contributed by atoms with E-state index >= 15 is 0 Å². The fourth-order valence-corrected chi connectivity index (χ4v) is 3.25. The minimum absolute atomic E-state index is 0.676. The number of benzene rings is 1. The number of rotatable bonds is 2. The first-order valence-electron chi connectivity index (χ1n) is 5.79. The Morgan fingerprint density at radius 2 is 2.00 bits per heavy atom. The number of hydrogen-bond donors (Lipinski definition) is 1. The Balaban J connectivity index is 2.29. The van der Waals surface area contributed by atoms with Crippen molar-refractivity contribution in [3.63, 3.8) is 0 Å². The Morgan fingerprint density at radius 3 is 2.68 bits per heavy atom. The fraction of sp³-hybridized carbons (Fsp3) is 0.0714. The lowest BCUT2D eigenvalue weighted by Gasteiger charge is -2.05. The van der Waals surface area contributed by atoms with Crippen LogP contribution in [0.15, 0.2) is 46.3 Å². The van der Waals surface area contributed by atoms with E-state index in [0.717, 1.165) is 26.2 Å². The molecular formula is C14H12BrN3S. The Morgan fingerprint density at radius 1 is 1.21 bits per heavy atom. The second-order valence-electron chi connectivity index (χ2n) is 4.19. The summed E-state index contributed by atoms with van der Waals surface area (Å²) in [6.07, 6.45) is 0. The van der Waals surface area contributed by atoms with Crippen molar-refractivity contribution in [1.29, 1.82) is 0 Å². The van der Waals surface area contributed by atoms with Crippen molar-refractivity contribution < 1.29 is 0 Å². The minimum atomic E-state index is 0.676. The largest absolute Gasteiger partial charge is 0.383 e. The molecule has 0 aliphatic heterocycles. The molecule has 0 aliphatic carbocycles. The molecule has 0 bridgehead atoms. The monoisotopic (exact) mass is 333 g/mol. The van der Waals surface area contributed by atoms with Crippen LogP contribution in [0.4, 0.5) is 5.82 Å². The lowest BCUT2D eigenvalue weighted by molar-refractivity contribution is 0.783. The maximum absolute atomic E-state index is 6.19. The standard InChI is InChI=1S/C14H12BrN3S/c1-18-14(16)12(9-5-2-3-6-10(9)15)13(17-18)11-7-4-8-19-11/h2-8H,16H2,1H3. The van der Waals surface area contributed by atoms with Crippen LogP contribution in [0.25, 0.3) is 21.7 Å². The van der Waals surface area contributed by atoms with E-state index in [1.807, 2.05) is 36.7 Å². The first-order valence-corrected chi connectivity index (χ1v) is 7.47. The Bertz CT molecular complexity index is 716. The molecule has 2 aromatic heterocycles. The van der Waals surface area contributed by atoms with Gasteiger partial charge in [0.15, 0.2) is 0 Å². The highest BCUT2D eigenvalue weighted by atomic mass is 79.9. The van der Waals surface area contributed by atoms with Gasteiger partial charge in [0.1, 0.15) is 11.5 Å². The van der Waals surface area contributed by atoms with Gasteiger partial charge in [0.25, 0.3) is 0 Å². The van der Waals surface area contributed by atoms with Crippen molar-refractivity contribution in [1.82, 2.24) is 9.78 Å². The predicted molar refractivity (Wildman–Crippen MR) is 84.1 cm³/mol. The van der Waals surface area contributed by atoms with E-state index in [2.05, 4.69) is 33.2 Å². The SMILES string of the molecule is Cn1nc(-c2cccs2)c(-c2ccccc2Br)c1N. The number of anilines is 1. The molecule has 0 saturated heterocycles. The molecule has 5 heteroatoms. The lowest BCUT2D eigenvalue weighted by Crippen LogP contribution is -1.98. The fourth-order valence-electron chi connectivity index (χ4n) is 2.05. The minimum Gasteiger partial charge on any atom is -0.383 e. The van der Waals surface area contributed by atoms with E-state index in [0.29, 0.717) is 5.82 Å². The number of nitrogen functional groups attached to an aromatic ring is 1. The van der Waals surface area contributed by atoms with Gasteiger partial charge in [-0.05, 0) is 17.5 Å². The van der Waals surface area contributed by atoms with Gasteiger partial charge in [-0.25, -0.2) is 0 Å². The molecule has 0 unspecified atom stereocenters. The van der Waals surface area contributed by atoms with Crippen LogP contribution in [0.5, 0.6) is 0 Å². The molecule has 0 radical (unpaired) electrons. The lowest BCUT2D eigenvalue weighted by atomic mass is 10.0. The van der Waals surface area contributed by atoms with Gasteiger partial charge < -0.3 is 5.73 Å². The number of aryl methyl sites for hydroxylation is 1. The molecule has 0 spiro atoms. The molecule has 3 nitrogen and oxygen atoms in total. The van der Waals surface area contributed by atoms with Gasteiger partial charge in [0, 0.05) is 17.1 Å². The van der Waals surface area contributed by atoms with Gasteiger partial charge in [-0.2, -0.15) is 5.10 Å². The Labute approximate surface area is 123 Å². The summed E-state index contributed by atoms with van der Waals surface area (Å²) < 4.78 is 2.75. The second-order valence-corrected chi connectivity index (χ2v) is 5.99. The summed E-state index contributed by atoms with van der Waals surface area (Å²) in [4.78, 5) is 1.12. The van der Waals surface area contributed by atoms with Crippen LogP contribution in [0.3, 0.4) is 0 Å². The van der Waals surface area contributed by atoms with E-state index < -0.39 is 0 Å². The smallest absolute Gasteiger partial charge is 0.129 e. The number of hydrogen-bond acceptors (Lipinski definition) is 3. The normalized spacial score (nSPS) is 10.8. The van der Waals surface area contributed by atoms with Crippen molar-refractivity contribution in [3.8, 4) is 21.7 Å². The molecule has 2 heterocycles. The topological polar surface area (TPSA) is 43.8 Å². The first kappa shape index (κ1) is 12.4. The number of aromatic nitrogens is 2. The molecule has 96 valence electrons. The number of nitrogens with two attached hydrogens (primary N) is 1. The van der Waals surface area contributed by atoms with E-state index in [9.17, 15) is 0 Å². The maximum Gasteiger partial charge on any atom is 0.129 e. The maximum atomic E-state index is 6.19. The van der Waals surface area contributed by atoms with Crippen molar-refractivity contribution in [2.75, 3.05) is 5.73 Å². The predicted octanol–water partition coefficient (Wildman–Crippen LogP) is 4.16. The molecule has 0 saturated carbocycles. The van der Waals surface area contributed by atoms with E-state index in [4.69, 9.17) is 5.73 Å². The van der Waals surface area contributed by atoms with E-state index in [1.165, 1.54) is 0 Å². The molecule has 0 amide bonds. The molecule has 19 heavy (non-hydrogen) atoms. The first-order chi connectivity index (χ1) is 9.18. The number of nitrogens with zero attached hydrogens (tertiary/aromatic N) is 2. The van der Waals surface area contributed by atoms with Crippen molar-refractivity contribution in [3.05, 3.63) is 46.3 Å². The third-order valence-electron chi connectivity index (χ3n) is 2.99. The highest BCUT2D eigenvalue weighted by Crippen LogP contribution is 2.40. The van der Waals surface area contributed by atoms with Gasteiger partial charge in [-0.15, -0.1) is 11.3 Å². The van der Waals surface area contributed by atoms with E-state index in [-0.39, 0.29) is 0 Å². The average Bonchev–Trinajstić information content (AvgIpc) is 3.01. The van der Waals surface area contributed by atoms with Crippen LogP contribution >= 0.6 is 27.3 Å². The highest BCUT2D eigenvalue weighted by molar-refractivity contribution is 9.10. The van der Waals surface area contributed by atoms with Crippen LogP contribution in [-0.4, -0.2) is 9.78 Å². The number of thiophene rings is 1. The van der Waals surface area contributed by atoms with Crippen molar-refractivity contribution in [2.24, 2.45) is 7.05 Å². The van der Waals surface area contributed by atoms with Crippen LogP contribution in [0.1, 0.15) is 0 Å². The van der Waals surface area contributed by atoms with Crippen LogP contribution in [-0.2, 0) is 7.05 Å². The zero-order valence-electron chi connectivity index (χ0n) is 10.3. The zero-order chi connectivity index (χ0) is 13.4. The molecule has 1 aromatic carbocycles. The molecular weight excluding hydrogens is 322 g/mol. The summed E-state index contributed by atoms with van der Waals surface area (Å²) in [6.45, 7) is 0. The quantitative estimate of drug-likeness (QED) is 0.765. The molecule has 0 fully saturated rings. The third kappa shape index (κ3) is 2.09. The second kappa shape index (κ2) is 4.83. The summed E-state index contributed by atoms with van der Waals surface area (Å²) >= 11 is 5.25. The molecule has 3 rings (SSSR count). The summed E-state index contributed by atoms with van der Waals surface area (Å²) in [7, 11) is 1.87.